The number of thiazole rings is 1. The number of hydrogen-bond acceptors (Lipinski definition) is 7. The van der Waals surface area contributed by atoms with Crippen molar-refractivity contribution in [3.8, 4) is 0 Å². The third-order valence-corrected chi connectivity index (χ3v) is 6.01. The van der Waals surface area contributed by atoms with Crippen LogP contribution < -0.4 is 5.32 Å². The quantitative estimate of drug-likeness (QED) is 0.394. The summed E-state index contributed by atoms with van der Waals surface area (Å²) in [5.74, 6) is -0.526. The molecule has 1 fully saturated rings. The first-order valence-corrected chi connectivity index (χ1v) is 10.4. The second-order valence-corrected chi connectivity index (χ2v) is 8.03. The Balaban J connectivity index is 1.75. The number of nitrogens with zero attached hydrogens (tertiary/aromatic N) is 2. The van der Waals surface area contributed by atoms with Gasteiger partial charge in [-0.2, -0.15) is 0 Å². The van der Waals surface area contributed by atoms with Crippen LogP contribution >= 0.6 is 11.3 Å². The van der Waals surface area contributed by atoms with Crippen molar-refractivity contribution < 1.29 is 19.2 Å². The molecule has 3 rings (SSSR count). The van der Waals surface area contributed by atoms with E-state index in [0.29, 0.717) is 23.2 Å². The molecule has 0 radical (unpaired) electrons. The van der Waals surface area contributed by atoms with Gasteiger partial charge in [-0.15, -0.1) is 11.3 Å². The number of methoxy groups -OCH3 is 1. The maximum atomic E-state index is 13.0. The minimum Gasteiger partial charge on any atom is -0.469 e. The molecule has 154 valence electrons. The number of amides is 1. The van der Waals surface area contributed by atoms with Crippen molar-refractivity contribution in [1.82, 2.24) is 4.98 Å². The van der Waals surface area contributed by atoms with Crippen molar-refractivity contribution in [3.63, 3.8) is 0 Å². The van der Waals surface area contributed by atoms with Crippen LogP contribution in [0.1, 0.15) is 49.3 Å². The standard InChI is InChI=1S/C20H23N3O5S/c1-28-18(24)11-15-12-29-20(21-15)22-19(25)17(10-13-4-2-3-5-13)14-6-8-16(9-7-14)23(26)27/h6-9,12-13,17H,2-5,10-11H2,1H3,(H,21,22,25). The summed E-state index contributed by atoms with van der Waals surface area (Å²) in [7, 11) is 1.31. The fourth-order valence-electron chi connectivity index (χ4n) is 3.66. The maximum absolute atomic E-state index is 13.0. The number of anilines is 1. The topological polar surface area (TPSA) is 111 Å². The summed E-state index contributed by atoms with van der Waals surface area (Å²) < 4.78 is 4.63. The van der Waals surface area contributed by atoms with Crippen LogP contribution in [0.4, 0.5) is 10.8 Å². The van der Waals surface area contributed by atoms with Gasteiger partial charge in [0.05, 0.1) is 30.1 Å². The third-order valence-electron chi connectivity index (χ3n) is 5.20. The van der Waals surface area contributed by atoms with Crippen molar-refractivity contribution in [2.75, 3.05) is 12.4 Å². The maximum Gasteiger partial charge on any atom is 0.311 e. The number of carbonyl (C=O) groups excluding carboxylic acids is 2. The average molecular weight is 417 g/mol. The van der Waals surface area contributed by atoms with Gasteiger partial charge in [0.2, 0.25) is 5.91 Å². The number of ether oxygens (including phenoxy) is 1. The van der Waals surface area contributed by atoms with Crippen LogP contribution in [-0.4, -0.2) is 28.9 Å². The first kappa shape index (κ1) is 20.9. The van der Waals surface area contributed by atoms with E-state index in [1.807, 2.05) is 0 Å². The average Bonchev–Trinajstić information content (AvgIpc) is 3.38. The molecule has 0 saturated heterocycles. The second-order valence-electron chi connectivity index (χ2n) is 7.17. The molecule has 0 bridgehead atoms. The van der Waals surface area contributed by atoms with Crippen molar-refractivity contribution in [1.29, 1.82) is 0 Å². The number of rotatable bonds is 8. The Bertz CT molecular complexity index is 874. The van der Waals surface area contributed by atoms with E-state index in [1.165, 1.54) is 43.4 Å². The Morgan fingerprint density at radius 1 is 1.31 bits per heavy atom. The Morgan fingerprint density at radius 3 is 2.62 bits per heavy atom. The molecule has 1 amide bonds. The molecular weight excluding hydrogens is 394 g/mol. The lowest BCUT2D eigenvalue weighted by molar-refractivity contribution is -0.384. The zero-order valence-electron chi connectivity index (χ0n) is 16.1. The summed E-state index contributed by atoms with van der Waals surface area (Å²) in [6, 6.07) is 6.17. The molecule has 1 heterocycles. The number of non-ortho nitro benzene ring substituents is 1. The summed E-state index contributed by atoms with van der Waals surface area (Å²) in [5, 5.41) is 15.9. The molecule has 0 spiro atoms. The van der Waals surface area contributed by atoms with Crippen LogP contribution in [0.15, 0.2) is 29.6 Å². The lowest BCUT2D eigenvalue weighted by atomic mass is 9.87. The highest BCUT2D eigenvalue weighted by molar-refractivity contribution is 7.13. The van der Waals surface area contributed by atoms with Crippen molar-refractivity contribution in [2.24, 2.45) is 5.92 Å². The van der Waals surface area contributed by atoms with E-state index >= 15 is 0 Å². The van der Waals surface area contributed by atoms with Gasteiger partial charge < -0.3 is 10.1 Å². The monoisotopic (exact) mass is 417 g/mol. The van der Waals surface area contributed by atoms with E-state index < -0.39 is 16.8 Å². The van der Waals surface area contributed by atoms with Crippen LogP contribution in [-0.2, 0) is 20.7 Å². The third kappa shape index (κ3) is 5.60. The van der Waals surface area contributed by atoms with Gasteiger partial charge in [0.25, 0.3) is 5.69 Å². The van der Waals surface area contributed by atoms with Crippen LogP contribution in [0, 0.1) is 16.0 Å². The molecule has 1 aromatic heterocycles. The molecule has 1 unspecified atom stereocenters. The highest BCUT2D eigenvalue weighted by Gasteiger charge is 2.27. The van der Waals surface area contributed by atoms with Crippen molar-refractivity contribution in [2.45, 2.75) is 44.4 Å². The van der Waals surface area contributed by atoms with E-state index in [9.17, 15) is 19.7 Å². The fourth-order valence-corrected chi connectivity index (χ4v) is 4.37. The molecule has 9 heteroatoms. The second kappa shape index (κ2) is 9.60. The van der Waals surface area contributed by atoms with Crippen LogP contribution in [0.25, 0.3) is 0 Å². The van der Waals surface area contributed by atoms with Crippen molar-refractivity contribution in [3.05, 3.63) is 51.0 Å². The molecule has 1 saturated carbocycles. The van der Waals surface area contributed by atoms with Gasteiger partial charge in [-0.3, -0.25) is 19.7 Å². The lowest BCUT2D eigenvalue weighted by Crippen LogP contribution is -2.23. The van der Waals surface area contributed by atoms with Gasteiger partial charge in [0.15, 0.2) is 5.13 Å². The molecule has 1 aliphatic rings. The number of aromatic nitrogens is 1. The van der Waals surface area contributed by atoms with E-state index in [4.69, 9.17) is 0 Å². The van der Waals surface area contributed by atoms with Gasteiger partial charge in [-0.25, -0.2) is 4.98 Å². The summed E-state index contributed by atoms with van der Waals surface area (Å²) in [6.07, 6.45) is 5.28. The van der Waals surface area contributed by atoms with E-state index in [1.54, 1.807) is 17.5 Å². The minimum atomic E-state index is -0.450. The molecule has 0 aliphatic heterocycles. The summed E-state index contributed by atoms with van der Waals surface area (Å²) in [5.41, 5.74) is 1.30. The molecule has 1 N–H and O–H groups in total. The summed E-state index contributed by atoms with van der Waals surface area (Å²) in [6.45, 7) is 0. The lowest BCUT2D eigenvalue weighted by Gasteiger charge is -2.20. The Morgan fingerprint density at radius 2 is 2.00 bits per heavy atom. The highest BCUT2D eigenvalue weighted by atomic mass is 32.1. The SMILES string of the molecule is COC(=O)Cc1csc(NC(=O)C(CC2CCCC2)c2ccc([N+](=O)[O-])cc2)n1. The van der Waals surface area contributed by atoms with Gasteiger partial charge in [0, 0.05) is 17.5 Å². The minimum absolute atomic E-state index is 0.00106. The number of nitro benzene ring substituents is 1. The zero-order valence-corrected chi connectivity index (χ0v) is 16.9. The van der Waals surface area contributed by atoms with Crippen molar-refractivity contribution >= 4 is 34.0 Å². The zero-order chi connectivity index (χ0) is 20.8. The molecule has 2 aromatic rings. The molecule has 8 nitrogen and oxygen atoms in total. The Kier molecular flexibility index (Phi) is 6.92. The predicted molar refractivity (Wildman–Crippen MR) is 109 cm³/mol. The molecule has 1 aliphatic carbocycles. The van der Waals surface area contributed by atoms with E-state index in [-0.39, 0.29) is 18.0 Å². The summed E-state index contributed by atoms with van der Waals surface area (Å²) in [4.78, 5) is 39.2. The van der Waals surface area contributed by atoms with E-state index in [0.717, 1.165) is 18.4 Å². The van der Waals surface area contributed by atoms with Gasteiger partial charge in [-0.05, 0) is 17.9 Å². The number of esters is 1. The number of carbonyl (C=O) groups is 2. The van der Waals surface area contributed by atoms with Crippen LogP contribution in [0.2, 0.25) is 0 Å². The molecule has 1 aromatic carbocycles. The van der Waals surface area contributed by atoms with Gasteiger partial charge in [-0.1, -0.05) is 37.8 Å². The highest BCUT2D eigenvalue weighted by Crippen LogP contribution is 2.35. The van der Waals surface area contributed by atoms with Gasteiger partial charge in [0.1, 0.15) is 0 Å². The first-order chi connectivity index (χ1) is 14.0. The molecular formula is C20H23N3O5S. The summed E-state index contributed by atoms with van der Waals surface area (Å²) >= 11 is 1.25. The predicted octanol–water partition coefficient (Wildman–Crippen LogP) is 4.07. The number of nitrogens with one attached hydrogen (secondary N) is 1. The van der Waals surface area contributed by atoms with E-state index in [2.05, 4.69) is 15.0 Å². The largest absolute Gasteiger partial charge is 0.469 e. The van der Waals surface area contributed by atoms with Crippen LogP contribution in [0.3, 0.4) is 0 Å². The molecule has 1 atom stereocenters. The smallest absolute Gasteiger partial charge is 0.311 e. The Hall–Kier alpha value is -2.81. The fraction of sp³-hybridized carbons (Fsp3) is 0.450. The Labute approximate surface area is 172 Å². The number of nitro groups is 1. The van der Waals surface area contributed by atoms with Gasteiger partial charge >= 0.3 is 5.97 Å². The number of benzene rings is 1. The van der Waals surface area contributed by atoms with Crippen LogP contribution in [0.5, 0.6) is 0 Å². The first-order valence-electron chi connectivity index (χ1n) is 9.52. The normalized spacial score (nSPS) is 15.1. The number of hydrogen-bond donors (Lipinski definition) is 1. The molecule has 29 heavy (non-hydrogen) atoms.